The van der Waals surface area contributed by atoms with Crippen molar-refractivity contribution < 1.29 is 18.8 Å². The van der Waals surface area contributed by atoms with Crippen LogP contribution in [0.5, 0.6) is 5.75 Å². The average Bonchev–Trinajstić information content (AvgIpc) is 3.14. The van der Waals surface area contributed by atoms with E-state index >= 15 is 0 Å². The summed E-state index contributed by atoms with van der Waals surface area (Å²) >= 11 is 0. The summed E-state index contributed by atoms with van der Waals surface area (Å²) in [5, 5.41) is 6.72. The minimum atomic E-state index is -0.663. The summed E-state index contributed by atoms with van der Waals surface area (Å²) < 4.78 is 18.8. The standard InChI is InChI=1S/C18H18FN3O3/c1-24-14-3-2-12(15(19)10-14)6-9-21-18(23)17-11-16(22-25-17)13-4-7-20-8-5-13/h2-5,7-8,10,17H,6,9,11H2,1H3,(H,21,23)/t17-/m1/s1. The van der Waals surface area contributed by atoms with Crippen LogP contribution in [0.2, 0.25) is 0 Å². The summed E-state index contributed by atoms with van der Waals surface area (Å²) in [5.74, 6) is -0.152. The molecule has 0 saturated carbocycles. The van der Waals surface area contributed by atoms with Crippen molar-refractivity contribution in [3.8, 4) is 5.75 Å². The Kier molecular flexibility index (Phi) is 5.23. The Hall–Kier alpha value is -2.96. The first-order chi connectivity index (χ1) is 12.2. The second kappa shape index (κ2) is 7.74. The monoisotopic (exact) mass is 343 g/mol. The lowest BCUT2D eigenvalue weighted by Crippen LogP contribution is -2.36. The van der Waals surface area contributed by atoms with Crippen LogP contribution in [0.15, 0.2) is 47.9 Å². The fourth-order valence-electron chi connectivity index (χ4n) is 2.52. The van der Waals surface area contributed by atoms with Crippen molar-refractivity contribution in [3.63, 3.8) is 0 Å². The molecule has 7 heteroatoms. The van der Waals surface area contributed by atoms with Gasteiger partial charge in [-0.15, -0.1) is 0 Å². The Morgan fingerprint density at radius 3 is 2.88 bits per heavy atom. The third-order valence-corrected chi connectivity index (χ3v) is 3.93. The highest BCUT2D eigenvalue weighted by molar-refractivity contribution is 6.03. The Bertz CT molecular complexity index is 780. The summed E-state index contributed by atoms with van der Waals surface area (Å²) in [6.45, 7) is 0.312. The number of nitrogens with zero attached hydrogens (tertiary/aromatic N) is 2. The van der Waals surface area contributed by atoms with E-state index < -0.39 is 6.10 Å². The van der Waals surface area contributed by atoms with Crippen LogP contribution < -0.4 is 10.1 Å². The molecule has 0 radical (unpaired) electrons. The third-order valence-electron chi connectivity index (χ3n) is 3.93. The summed E-state index contributed by atoms with van der Waals surface area (Å²) in [5.41, 5.74) is 2.11. The lowest BCUT2D eigenvalue weighted by Gasteiger charge is -2.10. The van der Waals surface area contributed by atoms with Crippen LogP contribution in [0.3, 0.4) is 0 Å². The molecule has 0 saturated heterocycles. The second-order valence-electron chi connectivity index (χ2n) is 5.57. The van der Waals surface area contributed by atoms with Crippen LogP contribution in [-0.4, -0.2) is 36.4 Å². The van der Waals surface area contributed by atoms with Crippen molar-refractivity contribution in [1.29, 1.82) is 0 Å². The van der Waals surface area contributed by atoms with Gasteiger partial charge in [0.25, 0.3) is 5.91 Å². The number of rotatable bonds is 6. The number of methoxy groups -OCH3 is 1. The fraction of sp³-hybridized carbons (Fsp3) is 0.278. The molecule has 0 unspecified atom stereocenters. The molecule has 1 N–H and O–H groups in total. The Labute approximate surface area is 144 Å². The van der Waals surface area contributed by atoms with E-state index in [2.05, 4.69) is 15.5 Å². The van der Waals surface area contributed by atoms with Crippen molar-refractivity contribution in [1.82, 2.24) is 10.3 Å². The number of amides is 1. The average molecular weight is 343 g/mol. The number of pyridine rings is 1. The molecule has 6 nitrogen and oxygen atoms in total. The van der Waals surface area contributed by atoms with E-state index in [1.54, 1.807) is 24.5 Å². The van der Waals surface area contributed by atoms with E-state index in [1.165, 1.54) is 13.2 Å². The van der Waals surface area contributed by atoms with Gasteiger partial charge >= 0.3 is 0 Å². The number of carbonyl (C=O) groups excluding carboxylic acids is 1. The Morgan fingerprint density at radius 2 is 2.16 bits per heavy atom. The van der Waals surface area contributed by atoms with Gasteiger partial charge < -0.3 is 14.9 Å². The SMILES string of the molecule is COc1ccc(CCNC(=O)[C@H]2CC(c3ccncc3)=NO2)c(F)c1. The maximum Gasteiger partial charge on any atom is 0.264 e. The van der Waals surface area contributed by atoms with Gasteiger partial charge in [-0.05, 0) is 30.2 Å². The zero-order valence-electron chi connectivity index (χ0n) is 13.7. The third kappa shape index (κ3) is 4.12. The molecule has 2 aromatic rings. The molecule has 3 rings (SSSR count). The minimum Gasteiger partial charge on any atom is -0.497 e. The predicted molar refractivity (Wildman–Crippen MR) is 89.9 cm³/mol. The number of hydrogen-bond acceptors (Lipinski definition) is 5. The molecule has 0 fully saturated rings. The molecule has 1 aromatic heterocycles. The molecule has 2 heterocycles. The van der Waals surface area contributed by atoms with E-state index in [-0.39, 0.29) is 11.7 Å². The largest absolute Gasteiger partial charge is 0.497 e. The molecule has 1 aliphatic rings. The Morgan fingerprint density at radius 1 is 1.36 bits per heavy atom. The second-order valence-corrected chi connectivity index (χ2v) is 5.57. The fourth-order valence-corrected chi connectivity index (χ4v) is 2.52. The van der Waals surface area contributed by atoms with E-state index in [1.807, 2.05) is 12.1 Å². The predicted octanol–water partition coefficient (Wildman–Crippen LogP) is 2.08. The van der Waals surface area contributed by atoms with E-state index in [0.717, 1.165) is 5.56 Å². The van der Waals surface area contributed by atoms with Gasteiger partial charge in [-0.25, -0.2) is 4.39 Å². The lowest BCUT2D eigenvalue weighted by molar-refractivity contribution is -0.131. The molecular formula is C18H18FN3O3. The normalized spacial score (nSPS) is 16.1. The van der Waals surface area contributed by atoms with Crippen LogP contribution in [-0.2, 0) is 16.1 Å². The maximum atomic E-state index is 13.9. The molecule has 0 bridgehead atoms. The molecular weight excluding hydrogens is 325 g/mol. The number of aromatic nitrogens is 1. The Balaban J connectivity index is 1.48. The van der Waals surface area contributed by atoms with Crippen molar-refractivity contribution in [2.24, 2.45) is 5.16 Å². The quantitative estimate of drug-likeness (QED) is 0.872. The molecule has 1 atom stereocenters. The molecule has 25 heavy (non-hydrogen) atoms. The van der Waals surface area contributed by atoms with Gasteiger partial charge in [-0.3, -0.25) is 9.78 Å². The number of carbonyl (C=O) groups is 1. The van der Waals surface area contributed by atoms with Crippen LogP contribution in [0.1, 0.15) is 17.5 Å². The maximum absolute atomic E-state index is 13.9. The molecule has 0 spiro atoms. The van der Waals surface area contributed by atoms with Crippen LogP contribution in [0.4, 0.5) is 4.39 Å². The summed E-state index contributed by atoms with van der Waals surface area (Å²) in [6, 6.07) is 8.29. The van der Waals surface area contributed by atoms with Gasteiger partial charge in [0.2, 0.25) is 6.10 Å². The first kappa shape index (κ1) is 16.9. The smallest absolute Gasteiger partial charge is 0.264 e. The van der Waals surface area contributed by atoms with Crippen molar-refractivity contribution in [3.05, 3.63) is 59.7 Å². The van der Waals surface area contributed by atoms with Crippen LogP contribution >= 0.6 is 0 Å². The van der Waals surface area contributed by atoms with Crippen molar-refractivity contribution >= 4 is 11.6 Å². The first-order valence-electron chi connectivity index (χ1n) is 7.90. The number of ether oxygens (including phenoxy) is 1. The number of hydrogen-bond donors (Lipinski definition) is 1. The highest BCUT2D eigenvalue weighted by atomic mass is 19.1. The minimum absolute atomic E-state index is 0.262. The molecule has 0 aliphatic carbocycles. The number of halogens is 1. The van der Waals surface area contributed by atoms with E-state index in [4.69, 9.17) is 9.57 Å². The summed E-state index contributed by atoms with van der Waals surface area (Å²) in [4.78, 5) is 21.3. The summed E-state index contributed by atoms with van der Waals surface area (Å²) in [7, 11) is 1.48. The zero-order valence-corrected chi connectivity index (χ0v) is 13.7. The number of oxime groups is 1. The first-order valence-corrected chi connectivity index (χ1v) is 7.90. The molecule has 1 aliphatic heterocycles. The van der Waals surface area contributed by atoms with Gasteiger partial charge in [-0.2, -0.15) is 0 Å². The van der Waals surface area contributed by atoms with Gasteiger partial charge in [0.15, 0.2) is 0 Å². The van der Waals surface area contributed by atoms with Gasteiger partial charge in [0.1, 0.15) is 11.6 Å². The van der Waals surface area contributed by atoms with Gasteiger partial charge in [-0.1, -0.05) is 11.2 Å². The zero-order chi connectivity index (χ0) is 17.6. The topological polar surface area (TPSA) is 72.8 Å². The van der Waals surface area contributed by atoms with E-state index in [9.17, 15) is 9.18 Å². The van der Waals surface area contributed by atoms with E-state index in [0.29, 0.717) is 36.4 Å². The molecule has 1 aromatic carbocycles. The summed E-state index contributed by atoms with van der Waals surface area (Å²) in [6.07, 6.45) is 3.44. The van der Waals surface area contributed by atoms with Crippen LogP contribution in [0.25, 0.3) is 0 Å². The van der Waals surface area contributed by atoms with Gasteiger partial charge in [0, 0.05) is 37.0 Å². The highest BCUT2D eigenvalue weighted by Crippen LogP contribution is 2.17. The lowest BCUT2D eigenvalue weighted by atomic mass is 10.1. The van der Waals surface area contributed by atoms with Crippen LogP contribution in [0, 0.1) is 5.82 Å². The number of nitrogens with one attached hydrogen (secondary N) is 1. The molecule has 130 valence electrons. The number of benzene rings is 1. The molecule has 1 amide bonds. The highest BCUT2D eigenvalue weighted by Gasteiger charge is 2.28. The van der Waals surface area contributed by atoms with Gasteiger partial charge in [0.05, 0.1) is 12.8 Å². The van der Waals surface area contributed by atoms with Crippen molar-refractivity contribution in [2.45, 2.75) is 18.9 Å². The van der Waals surface area contributed by atoms with Crippen molar-refractivity contribution in [2.75, 3.05) is 13.7 Å².